The van der Waals surface area contributed by atoms with Gasteiger partial charge in [0, 0.05) is 17.3 Å². The SMILES string of the molecule is COC(=O)c1ccccc1-c1ccc(/C=C2/NC(=O)N(CC(=O)Nc3ccc(C)cc3)C2=O)o1. The van der Waals surface area contributed by atoms with Crippen LogP contribution in [0.4, 0.5) is 10.5 Å². The molecule has 0 bridgehead atoms. The minimum absolute atomic E-state index is 0.0321. The van der Waals surface area contributed by atoms with Crippen LogP contribution in [0.3, 0.4) is 0 Å². The van der Waals surface area contributed by atoms with Crippen molar-refractivity contribution in [1.82, 2.24) is 10.2 Å². The molecule has 0 spiro atoms. The highest BCUT2D eigenvalue weighted by Crippen LogP contribution is 2.27. The minimum Gasteiger partial charge on any atom is -0.465 e. The zero-order valence-electron chi connectivity index (χ0n) is 18.5. The number of rotatable bonds is 6. The Hall–Kier alpha value is -4.66. The van der Waals surface area contributed by atoms with Gasteiger partial charge in [-0.15, -0.1) is 0 Å². The van der Waals surface area contributed by atoms with Crippen LogP contribution >= 0.6 is 0 Å². The predicted molar refractivity (Wildman–Crippen MR) is 124 cm³/mol. The molecule has 34 heavy (non-hydrogen) atoms. The Morgan fingerprint density at radius 3 is 2.53 bits per heavy atom. The number of hydrogen-bond acceptors (Lipinski definition) is 6. The molecule has 0 unspecified atom stereocenters. The molecule has 0 aliphatic carbocycles. The fourth-order valence-electron chi connectivity index (χ4n) is 3.40. The highest BCUT2D eigenvalue weighted by molar-refractivity contribution is 6.15. The average Bonchev–Trinajstić information content (AvgIpc) is 3.40. The summed E-state index contributed by atoms with van der Waals surface area (Å²) in [5, 5.41) is 5.10. The van der Waals surface area contributed by atoms with Crippen molar-refractivity contribution < 1.29 is 28.3 Å². The van der Waals surface area contributed by atoms with E-state index in [0.717, 1.165) is 10.5 Å². The number of aryl methyl sites for hydroxylation is 1. The molecule has 4 amide bonds. The quantitative estimate of drug-likeness (QED) is 0.331. The third-order valence-corrected chi connectivity index (χ3v) is 5.11. The molecule has 1 aromatic heterocycles. The number of anilines is 1. The normalized spacial score (nSPS) is 14.3. The predicted octanol–water partition coefficient (Wildman–Crippen LogP) is 3.57. The summed E-state index contributed by atoms with van der Waals surface area (Å²) in [6.45, 7) is 1.48. The lowest BCUT2D eigenvalue weighted by Gasteiger charge is -2.12. The fraction of sp³-hybridized carbons (Fsp3) is 0.120. The molecule has 1 aliphatic rings. The van der Waals surface area contributed by atoms with Crippen LogP contribution < -0.4 is 10.6 Å². The molecule has 0 radical (unpaired) electrons. The third-order valence-electron chi connectivity index (χ3n) is 5.11. The lowest BCUT2D eigenvalue weighted by Crippen LogP contribution is -2.38. The number of esters is 1. The first-order chi connectivity index (χ1) is 16.4. The Labute approximate surface area is 195 Å². The van der Waals surface area contributed by atoms with E-state index < -0.39 is 30.4 Å². The maximum absolute atomic E-state index is 12.7. The summed E-state index contributed by atoms with van der Waals surface area (Å²) in [7, 11) is 1.29. The number of nitrogens with zero attached hydrogens (tertiary/aromatic N) is 1. The van der Waals surface area contributed by atoms with Gasteiger partial charge in [-0.2, -0.15) is 0 Å². The lowest BCUT2D eigenvalue weighted by atomic mass is 10.1. The van der Waals surface area contributed by atoms with Crippen LogP contribution in [-0.4, -0.2) is 42.4 Å². The van der Waals surface area contributed by atoms with E-state index in [1.807, 2.05) is 19.1 Å². The van der Waals surface area contributed by atoms with Crippen LogP contribution in [0.2, 0.25) is 0 Å². The average molecular weight is 459 g/mol. The number of benzene rings is 2. The van der Waals surface area contributed by atoms with Crippen molar-refractivity contribution in [2.75, 3.05) is 19.0 Å². The van der Waals surface area contributed by atoms with Gasteiger partial charge in [-0.1, -0.05) is 35.9 Å². The molecule has 0 saturated carbocycles. The Bertz CT molecular complexity index is 1310. The van der Waals surface area contributed by atoms with Crippen molar-refractivity contribution in [1.29, 1.82) is 0 Å². The second-order valence-corrected chi connectivity index (χ2v) is 7.53. The summed E-state index contributed by atoms with van der Waals surface area (Å²) >= 11 is 0. The van der Waals surface area contributed by atoms with Crippen LogP contribution in [0.5, 0.6) is 0 Å². The molecule has 2 aromatic carbocycles. The van der Waals surface area contributed by atoms with E-state index >= 15 is 0 Å². The molecule has 172 valence electrons. The van der Waals surface area contributed by atoms with Crippen molar-refractivity contribution in [3.63, 3.8) is 0 Å². The zero-order valence-corrected chi connectivity index (χ0v) is 18.5. The summed E-state index contributed by atoms with van der Waals surface area (Å²) in [6, 6.07) is 16.5. The summed E-state index contributed by atoms with van der Waals surface area (Å²) in [5.74, 6) is -1.00. The molecule has 1 fully saturated rings. The molecule has 2 N–H and O–H groups in total. The largest absolute Gasteiger partial charge is 0.465 e. The van der Waals surface area contributed by atoms with Gasteiger partial charge >= 0.3 is 12.0 Å². The number of urea groups is 1. The van der Waals surface area contributed by atoms with E-state index in [-0.39, 0.29) is 11.5 Å². The number of nitrogens with one attached hydrogen (secondary N) is 2. The summed E-state index contributed by atoms with van der Waals surface area (Å²) in [5.41, 5.74) is 2.42. The second kappa shape index (κ2) is 9.45. The third kappa shape index (κ3) is 4.73. The fourth-order valence-corrected chi connectivity index (χ4v) is 3.40. The molecule has 4 rings (SSSR count). The number of methoxy groups -OCH3 is 1. The highest BCUT2D eigenvalue weighted by atomic mass is 16.5. The van der Waals surface area contributed by atoms with Crippen LogP contribution in [0.15, 0.2) is 70.8 Å². The zero-order chi connectivity index (χ0) is 24.2. The molecule has 3 aromatic rings. The first kappa shape index (κ1) is 22.5. The number of hydrogen-bond donors (Lipinski definition) is 2. The van der Waals surface area contributed by atoms with Gasteiger partial charge in [-0.3, -0.25) is 9.59 Å². The minimum atomic E-state index is -0.710. The number of imide groups is 1. The number of carbonyl (C=O) groups excluding carboxylic acids is 4. The Morgan fingerprint density at radius 1 is 1.06 bits per heavy atom. The van der Waals surface area contributed by atoms with Crippen LogP contribution in [0.1, 0.15) is 21.7 Å². The Morgan fingerprint density at radius 2 is 1.79 bits per heavy atom. The van der Waals surface area contributed by atoms with Gasteiger partial charge in [0.15, 0.2) is 0 Å². The van der Waals surface area contributed by atoms with Crippen molar-refractivity contribution in [3.8, 4) is 11.3 Å². The van der Waals surface area contributed by atoms with Gasteiger partial charge < -0.3 is 19.8 Å². The molecule has 0 atom stereocenters. The molecular formula is C25H21N3O6. The van der Waals surface area contributed by atoms with E-state index in [2.05, 4.69) is 10.6 Å². The van der Waals surface area contributed by atoms with E-state index in [9.17, 15) is 19.2 Å². The van der Waals surface area contributed by atoms with Crippen molar-refractivity contribution in [3.05, 3.63) is 83.2 Å². The molecular weight excluding hydrogens is 438 g/mol. The standard InChI is InChI=1S/C25H21N3O6/c1-15-7-9-16(10-8-15)26-22(29)14-28-23(30)20(27-25(28)32)13-17-11-12-21(34-17)18-5-3-4-6-19(18)24(31)33-2/h3-13H,14H2,1-2H3,(H,26,29)(H,27,32)/b20-13+. The van der Waals surface area contributed by atoms with Gasteiger partial charge in [0.1, 0.15) is 23.8 Å². The molecule has 2 heterocycles. The molecule has 1 aliphatic heterocycles. The maximum Gasteiger partial charge on any atom is 0.338 e. The van der Waals surface area contributed by atoms with E-state index in [0.29, 0.717) is 22.6 Å². The van der Waals surface area contributed by atoms with Crippen LogP contribution in [-0.2, 0) is 14.3 Å². The molecule has 9 heteroatoms. The van der Waals surface area contributed by atoms with E-state index in [1.165, 1.54) is 13.2 Å². The van der Waals surface area contributed by atoms with Gasteiger partial charge in [-0.05, 0) is 37.3 Å². The summed E-state index contributed by atoms with van der Waals surface area (Å²) in [4.78, 5) is 50.1. The highest BCUT2D eigenvalue weighted by Gasteiger charge is 2.35. The van der Waals surface area contributed by atoms with Crippen LogP contribution in [0.25, 0.3) is 17.4 Å². The summed E-state index contributed by atoms with van der Waals surface area (Å²) < 4.78 is 10.6. The molecule has 9 nitrogen and oxygen atoms in total. The Kier molecular flexibility index (Phi) is 6.26. The van der Waals surface area contributed by atoms with Gasteiger partial charge in [-0.25, -0.2) is 14.5 Å². The van der Waals surface area contributed by atoms with Gasteiger partial charge in [0.05, 0.1) is 12.7 Å². The second-order valence-electron chi connectivity index (χ2n) is 7.53. The maximum atomic E-state index is 12.7. The monoisotopic (exact) mass is 459 g/mol. The number of amides is 4. The van der Waals surface area contributed by atoms with E-state index in [1.54, 1.807) is 48.5 Å². The molecule has 1 saturated heterocycles. The topological polar surface area (TPSA) is 118 Å². The van der Waals surface area contributed by atoms with Gasteiger partial charge in [0.2, 0.25) is 5.91 Å². The van der Waals surface area contributed by atoms with Crippen molar-refractivity contribution in [2.45, 2.75) is 6.92 Å². The number of furan rings is 1. The number of ether oxygens (including phenoxy) is 1. The first-order valence-corrected chi connectivity index (χ1v) is 10.3. The lowest BCUT2D eigenvalue weighted by molar-refractivity contribution is -0.127. The summed E-state index contributed by atoms with van der Waals surface area (Å²) in [6.07, 6.45) is 1.36. The van der Waals surface area contributed by atoms with Gasteiger partial charge in [0.25, 0.3) is 5.91 Å². The van der Waals surface area contributed by atoms with E-state index in [4.69, 9.17) is 9.15 Å². The first-order valence-electron chi connectivity index (χ1n) is 10.3. The Balaban J connectivity index is 1.48. The van der Waals surface area contributed by atoms with Crippen LogP contribution in [0, 0.1) is 6.92 Å². The van der Waals surface area contributed by atoms with Crippen molar-refractivity contribution in [2.24, 2.45) is 0 Å². The number of carbonyl (C=O) groups is 4. The smallest absolute Gasteiger partial charge is 0.338 e. The van der Waals surface area contributed by atoms with Crippen molar-refractivity contribution >= 4 is 35.6 Å².